The molecule has 0 spiro atoms. The highest BCUT2D eigenvalue weighted by Crippen LogP contribution is 2.27. The van der Waals surface area contributed by atoms with E-state index in [1.54, 1.807) is 12.1 Å². The van der Waals surface area contributed by atoms with Crippen LogP contribution in [-0.2, 0) is 0 Å². The average Bonchev–Trinajstić information content (AvgIpc) is 2.56. The molecule has 0 aromatic heterocycles. The Morgan fingerprint density at radius 2 is 1.91 bits per heavy atom. The van der Waals surface area contributed by atoms with Gasteiger partial charge in [0, 0.05) is 11.1 Å². The summed E-state index contributed by atoms with van der Waals surface area (Å²) in [6.07, 6.45) is 1.33. The number of rotatable bonds is 5. The highest BCUT2D eigenvalue weighted by Gasteiger charge is 2.10. The van der Waals surface area contributed by atoms with Crippen molar-refractivity contribution in [3.8, 4) is 11.5 Å². The van der Waals surface area contributed by atoms with E-state index in [0.717, 1.165) is 0 Å². The van der Waals surface area contributed by atoms with E-state index in [1.165, 1.54) is 44.7 Å². The number of ether oxygens (including phenoxy) is 2. The van der Waals surface area contributed by atoms with Gasteiger partial charge in [-0.05, 0) is 36.4 Å². The Kier molecular flexibility index (Phi) is 5.54. The molecular weight excluding hydrogens is 323 g/mol. The Labute approximate surface area is 137 Å². The summed E-state index contributed by atoms with van der Waals surface area (Å²) in [5.41, 5.74) is 3.20. The molecule has 1 N–H and O–H groups in total. The molecule has 2 rings (SSSR count). The number of hydrogen-bond acceptors (Lipinski definition) is 4. The number of carbonyl (C=O) groups excluding carboxylic acids is 1. The van der Waals surface area contributed by atoms with E-state index in [2.05, 4.69) is 10.5 Å². The lowest BCUT2D eigenvalue weighted by molar-refractivity contribution is 0.0954. The van der Waals surface area contributed by atoms with Crippen LogP contribution in [0.5, 0.6) is 11.5 Å². The molecule has 120 valence electrons. The van der Waals surface area contributed by atoms with E-state index in [1.807, 2.05) is 0 Å². The largest absolute Gasteiger partial charge is 0.493 e. The molecule has 0 atom stereocenters. The van der Waals surface area contributed by atoms with Crippen LogP contribution < -0.4 is 14.9 Å². The average molecular weight is 337 g/mol. The van der Waals surface area contributed by atoms with Crippen molar-refractivity contribution in [1.29, 1.82) is 0 Å². The number of halogens is 2. The fourth-order valence-corrected chi connectivity index (χ4v) is 2.02. The van der Waals surface area contributed by atoms with Crippen LogP contribution in [-0.4, -0.2) is 26.3 Å². The van der Waals surface area contributed by atoms with Gasteiger partial charge in [-0.25, -0.2) is 9.82 Å². The number of benzene rings is 2. The van der Waals surface area contributed by atoms with E-state index in [4.69, 9.17) is 21.1 Å². The molecule has 0 saturated heterocycles. The fraction of sp³-hybridized carbons (Fsp3) is 0.125. The van der Waals surface area contributed by atoms with E-state index in [0.29, 0.717) is 22.6 Å². The molecule has 5 nitrogen and oxygen atoms in total. The standard InChI is InChI=1S/C16H14ClFN2O3/c1-22-14-6-4-10(7-15(14)23-2)16(21)20-19-9-11-3-5-12(18)8-13(11)17/h3-9H,1-2H3,(H,20,21). The second kappa shape index (κ2) is 7.60. The minimum absolute atomic E-state index is 0.203. The molecule has 0 saturated carbocycles. The summed E-state index contributed by atoms with van der Waals surface area (Å²) in [7, 11) is 2.99. The minimum atomic E-state index is -0.443. The molecule has 0 aliphatic heterocycles. The number of hydrazone groups is 1. The van der Waals surface area contributed by atoms with Crippen molar-refractivity contribution in [2.24, 2.45) is 5.10 Å². The molecule has 0 aliphatic rings. The molecule has 0 fully saturated rings. The van der Waals surface area contributed by atoms with Gasteiger partial charge in [0.25, 0.3) is 5.91 Å². The molecule has 0 heterocycles. The van der Waals surface area contributed by atoms with Gasteiger partial charge in [0.2, 0.25) is 0 Å². The second-order valence-corrected chi connectivity index (χ2v) is 4.84. The smallest absolute Gasteiger partial charge is 0.271 e. The van der Waals surface area contributed by atoms with Crippen molar-refractivity contribution < 1.29 is 18.7 Å². The van der Waals surface area contributed by atoms with Crippen molar-refractivity contribution >= 4 is 23.7 Å². The molecule has 2 aromatic rings. The van der Waals surface area contributed by atoms with Gasteiger partial charge in [0.05, 0.1) is 25.5 Å². The first-order valence-electron chi connectivity index (χ1n) is 6.55. The van der Waals surface area contributed by atoms with Gasteiger partial charge in [0.15, 0.2) is 11.5 Å². The van der Waals surface area contributed by atoms with Crippen LogP contribution in [0.4, 0.5) is 4.39 Å². The monoisotopic (exact) mass is 336 g/mol. The Morgan fingerprint density at radius 1 is 1.17 bits per heavy atom. The summed E-state index contributed by atoms with van der Waals surface area (Å²) in [5, 5.41) is 4.01. The van der Waals surface area contributed by atoms with E-state index >= 15 is 0 Å². The lowest BCUT2D eigenvalue weighted by Crippen LogP contribution is -2.17. The van der Waals surface area contributed by atoms with Gasteiger partial charge in [-0.15, -0.1) is 0 Å². The first kappa shape index (κ1) is 16.8. The van der Waals surface area contributed by atoms with Gasteiger partial charge in [-0.2, -0.15) is 5.10 Å². The molecule has 1 amide bonds. The normalized spacial score (nSPS) is 10.6. The lowest BCUT2D eigenvalue weighted by atomic mass is 10.2. The predicted octanol–water partition coefficient (Wildman–Crippen LogP) is 3.26. The van der Waals surface area contributed by atoms with Gasteiger partial charge < -0.3 is 9.47 Å². The summed E-state index contributed by atoms with van der Waals surface area (Å²) in [4.78, 5) is 12.0. The highest BCUT2D eigenvalue weighted by molar-refractivity contribution is 6.33. The van der Waals surface area contributed by atoms with Crippen LogP contribution >= 0.6 is 11.6 Å². The van der Waals surface area contributed by atoms with Gasteiger partial charge in [-0.3, -0.25) is 4.79 Å². The van der Waals surface area contributed by atoms with Gasteiger partial charge >= 0.3 is 0 Å². The number of methoxy groups -OCH3 is 2. The maximum Gasteiger partial charge on any atom is 0.271 e. The van der Waals surface area contributed by atoms with Crippen molar-refractivity contribution in [1.82, 2.24) is 5.43 Å². The SMILES string of the molecule is COc1ccc(C(=O)NN=Cc2ccc(F)cc2Cl)cc1OC. The topological polar surface area (TPSA) is 59.9 Å². The Hall–Kier alpha value is -2.60. The zero-order valence-electron chi connectivity index (χ0n) is 12.5. The molecule has 0 bridgehead atoms. The van der Waals surface area contributed by atoms with E-state index < -0.39 is 11.7 Å². The summed E-state index contributed by atoms with van der Waals surface area (Å²) in [5.74, 6) is 0.0818. The maximum absolute atomic E-state index is 12.9. The second-order valence-electron chi connectivity index (χ2n) is 4.43. The summed E-state index contributed by atoms with van der Waals surface area (Å²) >= 11 is 5.86. The molecule has 0 aliphatic carbocycles. The molecule has 0 unspecified atom stereocenters. The molecule has 23 heavy (non-hydrogen) atoms. The number of nitrogens with one attached hydrogen (secondary N) is 1. The highest BCUT2D eigenvalue weighted by atomic mass is 35.5. The molecule has 2 aromatic carbocycles. The van der Waals surface area contributed by atoms with Crippen LogP contribution in [0.3, 0.4) is 0 Å². The van der Waals surface area contributed by atoms with E-state index in [9.17, 15) is 9.18 Å². The first-order valence-corrected chi connectivity index (χ1v) is 6.93. The zero-order chi connectivity index (χ0) is 16.8. The van der Waals surface area contributed by atoms with Crippen LogP contribution in [0.15, 0.2) is 41.5 Å². The van der Waals surface area contributed by atoms with Crippen molar-refractivity contribution in [3.05, 3.63) is 58.4 Å². The third-order valence-corrected chi connectivity index (χ3v) is 3.31. The Morgan fingerprint density at radius 3 is 2.57 bits per heavy atom. The summed E-state index contributed by atoms with van der Waals surface area (Å²) in [6, 6.07) is 8.62. The third-order valence-electron chi connectivity index (χ3n) is 2.98. The number of hydrogen-bond donors (Lipinski definition) is 1. The van der Waals surface area contributed by atoms with E-state index in [-0.39, 0.29) is 5.02 Å². The number of amides is 1. The molecule has 0 radical (unpaired) electrons. The van der Waals surface area contributed by atoms with Crippen LogP contribution in [0.2, 0.25) is 5.02 Å². The summed E-state index contributed by atoms with van der Waals surface area (Å²) in [6.45, 7) is 0. The van der Waals surface area contributed by atoms with Gasteiger partial charge in [-0.1, -0.05) is 11.6 Å². The number of nitrogens with zero attached hydrogens (tertiary/aromatic N) is 1. The lowest BCUT2D eigenvalue weighted by Gasteiger charge is -2.08. The molecule has 7 heteroatoms. The van der Waals surface area contributed by atoms with Gasteiger partial charge in [0.1, 0.15) is 5.82 Å². The predicted molar refractivity (Wildman–Crippen MR) is 86.0 cm³/mol. The van der Waals surface area contributed by atoms with Crippen molar-refractivity contribution in [2.75, 3.05) is 14.2 Å². The zero-order valence-corrected chi connectivity index (χ0v) is 13.2. The van der Waals surface area contributed by atoms with Crippen LogP contribution in [0.25, 0.3) is 0 Å². The Balaban J connectivity index is 2.08. The number of carbonyl (C=O) groups is 1. The molecular formula is C16H14ClFN2O3. The quantitative estimate of drug-likeness (QED) is 0.673. The van der Waals surface area contributed by atoms with Crippen molar-refractivity contribution in [2.45, 2.75) is 0 Å². The minimum Gasteiger partial charge on any atom is -0.493 e. The van der Waals surface area contributed by atoms with Crippen LogP contribution in [0, 0.1) is 5.82 Å². The van der Waals surface area contributed by atoms with Crippen LogP contribution in [0.1, 0.15) is 15.9 Å². The van der Waals surface area contributed by atoms with Crippen molar-refractivity contribution in [3.63, 3.8) is 0 Å². The summed E-state index contributed by atoms with van der Waals surface area (Å²) < 4.78 is 23.2. The first-order chi connectivity index (χ1) is 11.0. The maximum atomic E-state index is 12.9. The third kappa shape index (κ3) is 4.20. The fourth-order valence-electron chi connectivity index (χ4n) is 1.81. The Bertz CT molecular complexity index is 750.